The number of likely N-dealkylation sites (N-methyl/N-ethyl adjacent to an activating group) is 1. The first-order chi connectivity index (χ1) is 17.8. The molecule has 8 nitrogen and oxygen atoms in total. The minimum absolute atomic E-state index is 0.438. The molecule has 0 radical (unpaired) electrons. The molecule has 0 aliphatic carbocycles. The van der Waals surface area contributed by atoms with Gasteiger partial charge in [0.15, 0.2) is 0 Å². The van der Waals surface area contributed by atoms with E-state index in [-0.39, 0.29) is 0 Å². The lowest BCUT2D eigenvalue weighted by atomic mass is 10.00. The molecule has 1 N–H and O–H groups in total. The SMILES string of the molecule is Cc1cccc(C)c1-c1cc(Oc2cc(Cl)cc(N3CCN(C)CC3)c2)nc(NSc2cnn(C)c2)n1. The minimum atomic E-state index is 0.438. The molecule has 0 unspecified atom stereocenters. The third-order valence-electron chi connectivity index (χ3n) is 6.33. The molecule has 3 heterocycles. The van der Waals surface area contributed by atoms with Gasteiger partial charge < -0.3 is 14.5 Å². The first-order valence-electron chi connectivity index (χ1n) is 12.1. The van der Waals surface area contributed by atoms with Crippen LogP contribution < -0.4 is 14.4 Å². The average molecular weight is 536 g/mol. The lowest BCUT2D eigenvalue weighted by Crippen LogP contribution is -2.44. The summed E-state index contributed by atoms with van der Waals surface area (Å²) in [6.45, 7) is 8.08. The van der Waals surface area contributed by atoms with Crippen molar-refractivity contribution < 1.29 is 4.74 Å². The van der Waals surface area contributed by atoms with E-state index in [4.69, 9.17) is 21.3 Å². The fourth-order valence-corrected chi connectivity index (χ4v) is 5.23. The molecule has 5 rings (SSSR count). The Labute approximate surface area is 226 Å². The molecule has 0 bridgehead atoms. The van der Waals surface area contributed by atoms with Crippen molar-refractivity contribution in [1.29, 1.82) is 0 Å². The Hall–Kier alpha value is -3.27. The van der Waals surface area contributed by atoms with Gasteiger partial charge in [-0.25, -0.2) is 4.98 Å². The minimum Gasteiger partial charge on any atom is -0.439 e. The van der Waals surface area contributed by atoms with Crippen LogP contribution in [0.25, 0.3) is 11.3 Å². The molecule has 1 fully saturated rings. The summed E-state index contributed by atoms with van der Waals surface area (Å²) in [5.41, 5.74) is 5.17. The van der Waals surface area contributed by atoms with E-state index < -0.39 is 0 Å². The molecule has 192 valence electrons. The molecule has 2 aromatic carbocycles. The lowest BCUT2D eigenvalue weighted by Gasteiger charge is -2.34. The molecule has 2 aromatic heterocycles. The first-order valence-corrected chi connectivity index (χ1v) is 13.3. The van der Waals surface area contributed by atoms with Gasteiger partial charge in [0.1, 0.15) is 5.75 Å². The predicted molar refractivity (Wildman–Crippen MR) is 151 cm³/mol. The van der Waals surface area contributed by atoms with Crippen LogP contribution >= 0.6 is 23.5 Å². The second-order valence-corrected chi connectivity index (χ2v) is 10.6. The largest absolute Gasteiger partial charge is 0.439 e. The number of anilines is 2. The Morgan fingerprint density at radius 1 is 0.973 bits per heavy atom. The number of ether oxygens (including phenoxy) is 1. The third-order valence-corrected chi connectivity index (χ3v) is 7.28. The number of rotatable bonds is 7. The highest BCUT2D eigenvalue weighted by Gasteiger charge is 2.17. The zero-order valence-electron chi connectivity index (χ0n) is 21.4. The maximum atomic E-state index is 6.51. The molecule has 10 heteroatoms. The van der Waals surface area contributed by atoms with Gasteiger partial charge >= 0.3 is 0 Å². The molecule has 37 heavy (non-hydrogen) atoms. The summed E-state index contributed by atoms with van der Waals surface area (Å²) in [7, 11) is 4.03. The van der Waals surface area contributed by atoms with Crippen molar-refractivity contribution in [2.24, 2.45) is 7.05 Å². The van der Waals surface area contributed by atoms with Gasteiger partial charge in [0.05, 0.1) is 16.8 Å². The molecule has 1 aliphatic heterocycles. The van der Waals surface area contributed by atoms with E-state index in [1.807, 2.05) is 37.5 Å². The van der Waals surface area contributed by atoms with Crippen LogP contribution in [0.5, 0.6) is 11.6 Å². The van der Waals surface area contributed by atoms with Gasteiger partial charge in [-0.15, -0.1) is 0 Å². The van der Waals surface area contributed by atoms with Crippen molar-refractivity contribution in [3.05, 3.63) is 71.0 Å². The number of halogens is 1. The summed E-state index contributed by atoms with van der Waals surface area (Å²) in [6, 6.07) is 13.9. The molecule has 4 aromatic rings. The quantitative estimate of drug-likeness (QED) is 0.297. The summed E-state index contributed by atoms with van der Waals surface area (Å²) in [4.78, 5) is 15.1. The van der Waals surface area contributed by atoms with Crippen molar-refractivity contribution in [2.75, 3.05) is 42.8 Å². The van der Waals surface area contributed by atoms with Gasteiger partial charge in [0.25, 0.3) is 0 Å². The Bertz CT molecular complexity index is 1380. The molecule has 1 saturated heterocycles. The number of nitrogens with one attached hydrogen (secondary N) is 1. The number of benzene rings is 2. The highest BCUT2D eigenvalue weighted by molar-refractivity contribution is 8.00. The van der Waals surface area contributed by atoms with Crippen molar-refractivity contribution in [3.63, 3.8) is 0 Å². The van der Waals surface area contributed by atoms with Gasteiger partial charge in [0, 0.05) is 67.8 Å². The van der Waals surface area contributed by atoms with Gasteiger partial charge in [-0.1, -0.05) is 29.8 Å². The van der Waals surface area contributed by atoms with Gasteiger partial charge in [-0.05, 0) is 56.1 Å². The fourth-order valence-electron chi connectivity index (χ4n) is 4.40. The Kier molecular flexibility index (Phi) is 7.55. The molecule has 0 saturated carbocycles. The number of nitrogens with zero attached hydrogens (tertiary/aromatic N) is 6. The highest BCUT2D eigenvalue weighted by atomic mass is 35.5. The highest BCUT2D eigenvalue weighted by Crippen LogP contribution is 2.34. The molecule has 1 aliphatic rings. The number of piperazine rings is 1. The number of hydrogen-bond donors (Lipinski definition) is 1. The maximum Gasteiger partial charge on any atom is 0.237 e. The summed E-state index contributed by atoms with van der Waals surface area (Å²) >= 11 is 7.91. The zero-order valence-corrected chi connectivity index (χ0v) is 23.0. The molecule has 0 amide bonds. The zero-order chi connectivity index (χ0) is 25.9. The average Bonchev–Trinajstić information content (AvgIpc) is 3.28. The van der Waals surface area contributed by atoms with E-state index in [9.17, 15) is 0 Å². The third kappa shape index (κ3) is 6.18. The van der Waals surface area contributed by atoms with E-state index in [0.29, 0.717) is 22.6 Å². The van der Waals surface area contributed by atoms with Crippen LogP contribution in [-0.2, 0) is 7.05 Å². The topological polar surface area (TPSA) is 71.3 Å². The monoisotopic (exact) mass is 535 g/mol. The normalized spacial score (nSPS) is 14.1. The Morgan fingerprint density at radius 3 is 2.43 bits per heavy atom. The summed E-state index contributed by atoms with van der Waals surface area (Å²) in [6.07, 6.45) is 3.71. The lowest BCUT2D eigenvalue weighted by molar-refractivity contribution is 0.312. The molecule has 0 atom stereocenters. The van der Waals surface area contributed by atoms with Crippen LogP contribution in [0.15, 0.2) is 59.8 Å². The first kappa shape index (κ1) is 25.4. The predicted octanol–water partition coefficient (Wildman–Crippen LogP) is 5.81. The van der Waals surface area contributed by atoms with Crippen molar-refractivity contribution in [1.82, 2.24) is 24.6 Å². The van der Waals surface area contributed by atoms with Crippen LogP contribution in [-0.4, -0.2) is 57.9 Å². The Balaban J connectivity index is 1.47. The molecule has 0 spiro atoms. The van der Waals surface area contributed by atoms with Crippen LogP contribution in [0.3, 0.4) is 0 Å². The van der Waals surface area contributed by atoms with Gasteiger partial charge in [0.2, 0.25) is 11.8 Å². The van der Waals surface area contributed by atoms with E-state index in [1.165, 1.54) is 11.9 Å². The van der Waals surface area contributed by atoms with Crippen LogP contribution in [0, 0.1) is 13.8 Å². The van der Waals surface area contributed by atoms with Crippen molar-refractivity contribution >= 4 is 35.2 Å². The fraction of sp³-hybridized carbons (Fsp3) is 0.296. The van der Waals surface area contributed by atoms with E-state index in [1.54, 1.807) is 10.9 Å². The summed E-state index contributed by atoms with van der Waals surface area (Å²) in [5, 5.41) is 4.85. The molecular formula is C27H30ClN7OS. The second-order valence-electron chi connectivity index (χ2n) is 9.27. The van der Waals surface area contributed by atoms with E-state index in [2.05, 4.69) is 63.7 Å². The van der Waals surface area contributed by atoms with Crippen LogP contribution in [0.1, 0.15) is 11.1 Å². The van der Waals surface area contributed by atoms with E-state index >= 15 is 0 Å². The van der Waals surface area contributed by atoms with Crippen LogP contribution in [0.2, 0.25) is 5.02 Å². The van der Waals surface area contributed by atoms with Gasteiger partial charge in [-0.2, -0.15) is 10.1 Å². The molecular weight excluding hydrogens is 506 g/mol. The van der Waals surface area contributed by atoms with Crippen molar-refractivity contribution in [2.45, 2.75) is 18.7 Å². The number of hydrogen-bond acceptors (Lipinski definition) is 8. The maximum absolute atomic E-state index is 6.51. The van der Waals surface area contributed by atoms with E-state index in [0.717, 1.165) is 59.1 Å². The standard InChI is InChI=1S/C27H30ClN7OS/c1-18-6-5-7-19(2)26(18)24-15-25(31-27(30-24)32-37-23-16-29-34(4)17-23)36-22-13-20(28)12-21(14-22)35-10-8-33(3)9-11-35/h5-7,12-17H,8-11H2,1-4H3,(H,30,31,32). The van der Waals surface area contributed by atoms with Crippen molar-refractivity contribution in [3.8, 4) is 22.9 Å². The van der Waals surface area contributed by atoms with Crippen LogP contribution in [0.4, 0.5) is 11.6 Å². The number of aromatic nitrogens is 4. The number of aryl methyl sites for hydroxylation is 3. The second kappa shape index (κ2) is 11.0. The Morgan fingerprint density at radius 2 is 1.73 bits per heavy atom. The summed E-state index contributed by atoms with van der Waals surface area (Å²) in [5.74, 6) is 1.53. The smallest absolute Gasteiger partial charge is 0.237 e. The van der Waals surface area contributed by atoms with Gasteiger partial charge in [-0.3, -0.25) is 9.40 Å². The summed E-state index contributed by atoms with van der Waals surface area (Å²) < 4.78 is 11.3.